The van der Waals surface area contributed by atoms with Crippen LogP contribution in [-0.2, 0) is 4.79 Å². The van der Waals surface area contributed by atoms with E-state index >= 15 is 0 Å². The second-order valence-corrected chi connectivity index (χ2v) is 6.26. The van der Waals surface area contributed by atoms with E-state index in [0.29, 0.717) is 6.04 Å². The van der Waals surface area contributed by atoms with Crippen LogP contribution in [0.1, 0.15) is 39.0 Å². The summed E-state index contributed by atoms with van der Waals surface area (Å²) in [4.78, 5) is 14.3. The van der Waals surface area contributed by atoms with Crippen molar-refractivity contribution < 1.29 is 4.79 Å². The smallest absolute Gasteiger partial charge is 0.236 e. The van der Waals surface area contributed by atoms with Crippen molar-refractivity contribution in [1.29, 1.82) is 0 Å². The van der Waals surface area contributed by atoms with Gasteiger partial charge in [0, 0.05) is 19.1 Å². The van der Waals surface area contributed by atoms with Crippen molar-refractivity contribution in [3.63, 3.8) is 0 Å². The molecular weight excluding hydrogens is 258 g/mol. The predicted molar refractivity (Wildman–Crippen MR) is 83.5 cm³/mol. The van der Waals surface area contributed by atoms with Gasteiger partial charge in [0.1, 0.15) is 0 Å². The highest BCUT2D eigenvalue weighted by Crippen LogP contribution is 2.18. The molecule has 2 atom stereocenters. The van der Waals surface area contributed by atoms with Crippen LogP contribution in [0, 0.1) is 0 Å². The summed E-state index contributed by atoms with van der Waals surface area (Å²) in [5.74, 6) is 0.942. The highest BCUT2D eigenvalue weighted by molar-refractivity contribution is 7.98. The summed E-state index contributed by atoms with van der Waals surface area (Å²) < 4.78 is 0. The van der Waals surface area contributed by atoms with Crippen LogP contribution >= 0.6 is 11.8 Å². The Morgan fingerprint density at radius 2 is 2.32 bits per heavy atom. The first kappa shape index (κ1) is 16.8. The van der Waals surface area contributed by atoms with E-state index < -0.39 is 0 Å². The monoisotopic (exact) mass is 287 g/mol. The molecule has 0 spiro atoms. The van der Waals surface area contributed by atoms with E-state index in [1.54, 1.807) is 11.8 Å². The lowest BCUT2D eigenvalue weighted by Crippen LogP contribution is -2.46. The molecule has 0 aromatic rings. The zero-order chi connectivity index (χ0) is 14.1. The number of hydrogen-bond donors (Lipinski definition) is 2. The van der Waals surface area contributed by atoms with Gasteiger partial charge in [0.15, 0.2) is 0 Å². The molecule has 112 valence electrons. The number of carbonyl (C=O) groups excluding carboxylic acids is 1. The first-order chi connectivity index (χ1) is 9.19. The molecular formula is C14H29N3OS. The third-order valence-corrected chi connectivity index (χ3v) is 4.53. The topological polar surface area (TPSA) is 58.4 Å². The summed E-state index contributed by atoms with van der Waals surface area (Å²) >= 11 is 1.73. The fraction of sp³-hybridized carbons (Fsp3) is 0.929. The average Bonchev–Trinajstić information content (AvgIpc) is 2.45. The summed E-state index contributed by atoms with van der Waals surface area (Å²) in [6.45, 7) is 5.11. The van der Waals surface area contributed by atoms with Gasteiger partial charge in [-0.2, -0.15) is 11.8 Å². The first-order valence-electron chi connectivity index (χ1n) is 7.45. The molecule has 19 heavy (non-hydrogen) atoms. The molecule has 0 radical (unpaired) electrons. The van der Waals surface area contributed by atoms with Crippen molar-refractivity contribution in [1.82, 2.24) is 10.2 Å². The van der Waals surface area contributed by atoms with Gasteiger partial charge in [0.2, 0.25) is 5.91 Å². The van der Waals surface area contributed by atoms with Gasteiger partial charge < -0.3 is 11.1 Å². The van der Waals surface area contributed by atoms with E-state index in [9.17, 15) is 4.79 Å². The van der Waals surface area contributed by atoms with Crippen LogP contribution in [0.3, 0.4) is 0 Å². The third-order valence-electron chi connectivity index (χ3n) is 3.89. The number of carbonyl (C=O) groups is 1. The van der Waals surface area contributed by atoms with Crippen molar-refractivity contribution in [3.8, 4) is 0 Å². The van der Waals surface area contributed by atoms with Gasteiger partial charge in [-0.05, 0) is 44.2 Å². The molecule has 0 bridgehead atoms. The fourth-order valence-electron chi connectivity index (χ4n) is 2.65. The van der Waals surface area contributed by atoms with Crippen molar-refractivity contribution >= 4 is 17.7 Å². The summed E-state index contributed by atoms with van der Waals surface area (Å²) in [7, 11) is 0. The van der Waals surface area contributed by atoms with Crippen molar-refractivity contribution in [3.05, 3.63) is 0 Å². The molecule has 5 heteroatoms. The van der Waals surface area contributed by atoms with E-state index in [0.717, 1.165) is 25.3 Å². The minimum absolute atomic E-state index is 0.000826. The van der Waals surface area contributed by atoms with Crippen LogP contribution in [-0.4, -0.2) is 54.5 Å². The number of nitrogens with two attached hydrogens (primary N) is 1. The van der Waals surface area contributed by atoms with E-state index in [2.05, 4.69) is 17.1 Å². The maximum absolute atomic E-state index is 11.8. The Labute approximate surface area is 121 Å². The van der Waals surface area contributed by atoms with E-state index in [1.807, 2.05) is 6.26 Å². The van der Waals surface area contributed by atoms with Gasteiger partial charge in [0.05, 0.1) is 6.04 Å². The largest absolute Gasteiger partial charge is 0.353 e. The van der Waals surface area contributed by atoms with Crippen LogP contribution in [0.2, 0.25) is 0 Å². The van der Waals surface area contributed by atoms with Gasteiger partial charge in [0.25, 0.3) is 0 Å². The molecule has 0 aromatic carbocycles. The molecule has 4 nitrogen and oxygen atoms in total. The molecule has 1 aliphatic heterocycles. The Morgan fingerprint density at radius 3 is 3.00 bits per heavy atom. The number of amides is 1. The second kappa shape index (κ2) is 9.61. The van der Waals surface area contributed by atoms with Gasteiger partial charge in [-0.25, -0.2) is 0 Å². The van der Waals surface area contributed by atoms with Crippen LogP contribution in [0.4, 0.5) is 0 Å². The summed E-state index contributed by atoms with van der Waals surface area (Å²) in [6.07, 6.45) is 7.94. The minimum atomic E-state index is -0.351. The molecule has 1 aliphatic rings. The molecule has 3 N–H and O–H groups in total. The van der Waals surface area contributed by atoms with Gasteiger partial charge >= 0.3 is 0 Å². The number of rotatable bonds is 8. The molecule has 1 heterocycles. The van der Waals surface area contributed by atoms with Gasteiger partial charge in [-0.15, -0.1) is 0 Å². The Hall–Kier alpha value is -0.260. The van der Waals surface area contributed by atoms with Crippen molar-refractivity contribution in [2.24, 2.45) is 5.73 Å². The Kier molecular flexibility index (Phi) is 8.50. The Morgan fingerprint density at radius 1 is 1.53 bits per heavy atom. The Bertz CT molecular complexity index is 263. The van der Waals surface area contributed by atoms with Crippen molar-refractivity contribution in [2.75, 3.05) is 31.6 Å². The summed E-state index contributed by atoms with van der Waals surface area (Å²) in [5.41, 5.74) is 5.84. The average molecular weight is 287 g/mol. The molecule has 1 amide bonds. The fourth-order valence-corrected chi connectivity index (χ4v) is 3.14. The lowest BCUT2D eigenvalue weighted by Gasteiger charge is -2.35. The number of hydrogen-bond acceptors (Lipinski definition) is 4. The van der Waals surface area contributed by atoms with E-state index in [-0.39, 0.29) is 11.9 Å². The first-order valence-corrected chi connectivity index (χ1v) is 8.84. The minimum Gasteiger partial charge on any atom is -0.353 e. The highest BCUT2D eigenvalue weighted by Gasteiger charge is 2.20. The molecule has 1 unspecified atom stereocenters. The second-order valence-electron chi connectivity index (χ2n) is 5.27. The quantitative estimate of drug-likeness (QED) is 0.709. The van der Waals surface area contributed by atoms with Crippen LogP contribution < -0.4 is 11.1 Å². The SMILES string of the molecule is CCC1CCCCN1CCNC(=O)[C@@H](N)CCSC. The molecule has 1 fully saturated rings. The molecule has 1 rings (SSSR count). The maximum atomic E-state index is 11.8. The number of thioether (sulfide) groups is 1. The molecule has 0 aromatic heterocycles. The van der Waals surface area contributed by atoms with E-state index in [1.165, 1.54) is 32.2 Å². The van der Waals surface area contributed by atoms with Crippen LogP contribution in [0.25, 0.3) is 0 Å². The summed E-state index contributed by atoms with van der Waals surface area (Å²) in [5, 5.41) is 2.97. The molecule has 1 saturated heterocycles. The lowest BCUT2D eigenvalue weighted by molar-refractivity contribution is -0.122. The Balaban J connectivity index is 2.19. The van der Waals surface area contributed by atoms with Crippen LogP contribution in [0.5, 0.6) is 0 Å². The molecule has 0 aliphatic carbocycles. The normalized spacial score (nSPS) is 22.2. The van der Waals surface area contributed by atoms with E-state index in [4.69, 9.17) is 5.73 Å². The lowest BCUT2D eigenvalue weighted by atomic mass is 10.0. The summed E-state index contributed by atoms with van der Waals surface area (Å²) in [6, 6.07) is 0.353. The molecule has 0 saturated carbocycles. The third kappa shape index (κ3) is 6.15. The van der Waals surface area contributed by atoms with Crippen LogP contribution in [0.15, 0.2) is 0 Å². The number of likely N-dealkylation sites (tertiary alicyclic amines) is 1. The highest BCUT2D eigenvalue weighted by atomic mass is 32.2. The van der Waals surface area contributed by atoms with Gasteiger partial charge in [-0.3, -0.25) is 9.69 Å². The standard InChI is InChI=1S/C14H29N3OS/c1-3-12-6-4-5-9-17(12)10-8-16-14(18)13(15)7-11-19-2/h12-13H,3-11,15H2,1-2H3,(H,16,18)/t12?,13-/m0/s1. The van der Waals surface area contributed by atoms with Gasteiger partial charge in [-0.1, -0.05) is 13.3 Å². The number of nitrogens with one attached hydrogen (secondary N) is 1. The zero-order valence-electron chi connectivity index (χ0n) is 12.4. The number of nitrogens with zero attached hydrogens (tertiary/aromatic N) is 1. The number of piperidine rings is 1. The predicted octanol–water partition coefficient (Wildman–Crippen LogP) is 1.45. The zero-order valence-corrected chi connectivity index (χ0v) is 13.2. The maximum Gasteiger partial charge on any atom is 0.236 e. The van der Waals surface area contributed by atoms with Crippen molar-refractivity contribution in [2.45, 2.75) is 51.1 Å².